The number of benzene rings is 1. The van der Waals surface area contributed by atoms with Crippen molar-refractivity contribution in [1.29, 1.82) is 0 Å². The van der Waals surface area contributed by atoms with Gasteiger partial charge in [0.25, 0.3) is 0 Å². The van der Waals surface area contributed by atoms with Crippen LogP contribution < -0.4 is 0 Å². The highest BCUT2D eigenvalue weighted by Gasteiger charge is 2.28. The average Bonchev–Trinajstić information content (AvgIpc) is 3.22. The van der Waals surface area contributed by atoms with Crippen molar-refractivity contribution in [2.24, 2.45) is 0 Å². The first-order valence-corrected chi connectivity index (χ1v) is 8.23. The summed E-state index contributed by atoms with van der Waals surface area (Å²) in [5, 5.41) is 14.5. The second-order valence-corrected chi connectivity index (χ2v) is 6.48. The van der Waals surface area contributed by atoms with Crippen molar-refractivity contribution in [2.45, 2.75) is 52.1 Å². The van der Waals surface area contributed by atoms with Crippen molar-refractivity contribution < 1.29 is 9.63 Å². The Balaban J connectivity index is 1.95. The molecule has 0 saturated heterocycles. The predicted octanol–water partition coefficient (Wildman–Crippen LogP) is 4.16. The molecule has 120 valence electrons. The Morgan fingerprint density at radius 3 is 2.74 bits per heavy atom. The Kier molecular flexibility index (Phi) is 3.27. The van der Waals surface area contributed by atoms with Gasteiger partial charge in [0.15, 0.2) is 0 Å². The molecule has 23 heavy (non-hydrogen) atoms. The van der Waals surface area contributed by atoms with E-state index in [9.17, 15) is 5.11 Å². The smallest absolute Gasteiger partial charge is 0.141 e. The Morgan fingerprint density at radius 1 is 1.35 bits per heavy atom. The van der Waals surface area contributed by atoms with Crippen molar-refractivity contribution in [2.75, 3.05) is 0 Å². The van der Waals surface area contributed by atoms with Crippen LogP contribution in [0.15, 0.2) is 16.7 Å². The van der Waals surface area contributed by atoms with Gasteiger partial charge in [-0.15, -0.1) is 0 Å². The number of fused-ring (bicyclic) bond motifs is 1. The number of aryl methyl sites for hydroxylation is 2. The third kappa shape index (κ3) is 2.36. The third-order valence-electron chi connectivity index (χ3n) is 4.67. The van der Waals surface area contributed by atoms with Crippen LogP contribution in [-0.2, 0) is 0 Å². The van der Waals surface area contributed by atoms with Gasteiger partial charge in [-0.1, -0.05) is 12.1 Å². The van der Waals surface area contributed by atoms with Crippen LogP contribution in [0.3, 0.4) is 0 Å². The van der Waals surface area contributed by atoms with Gasteiger partial charge in [0.05, 0.1) is 22.8 Å². The minimum atomic E-state index is -0.520. The van der Waals surface area contributed by atoms with Gasteiger partial charge >= 0.3 is 0 Å². The van der Waals surface area contributed by atoms with E-state index in [2.05, 4.69) is 16.2 Å². The standard InChI is InChI=1S/C18H21N3O2/c1-4-15(22)13-7-12(16-9(2)21-23-10(16)3)8-14-17(13)20-18(19-14)11-5-6-11/h7-8,11,15,22H,4-6H2,1-3H3,(H,19,20). The first kappa shape index (κ1) is 14.5. The number of H-pyrrole nitrogens is 1. The normalized spacial score (nSPS) is 16.2. The summed E-state index contributed by atoms with van der Waals surface area (Å²) in [6.07, 6.45) is 2.53. The van der Waals surface area contributed by atoms with Crippen molar-refractivity contribution in [3.8, 4) is 11.1 Å². The number of nitrogens with one attached hydrogen (secondary N) is 1. The molecule has 1 aliphatic carbocycles. The quantitative estimate of drug-likeness (QED) is 0.759. The highest BCUT2D eigenvalue weighted by Crippen LogP contribution is 2.41. The lowest BCUT2D eigenvalue weighted by Crippen LogP contribution is -1.98. The van der Waals surface area contributed by atoms with Gasteiger partial charge in [0.1, 0.15) is 11.6 Å². The highest BCUT2D eigenvalue weighted by molar-refractivity contribution is 5.86. The average molecular weight is 311 g/mol. The summed E-state index contributed by atoms with van der Waals surface area (Å²) in [6, 6.07) is 4.12. The SMILES string of the molecule is CCC(O)c1cc(-c2c(C)noc2C)cc2[nH]c(C3CC3)nc12. The van der Waals surface area contributed by atoms with Crippen LogP contribution in [-0.4, -0.2) is 20.2 Å². The van der Waals surface area contributed by atoms with E-state index < -0.39 is 6.10 Å². The van der Waals surface area contributed by atoms with Crippen molar-refractivity contribution >= 4 is 11.0 Å². The fraction of sp³-hybridized carbons (Fsp3) is 0.444. The molecule has 1 aliphatic rings. The monoisotopic (exact) mass is 311 g/mol. The summed E-state index contributed by atoms with van der Waals surface area (Å²) >= 11 is 0. The lowest BCUT2D eigenvalue weighted by molar-refractivity contribution is 0.175. The topological polar surface area (TPSA) is 74.9 Å². The molecule has 1 unspecified atom stereocenters. The van der Waals surface area contributed by atoms with Crippen LogP contribution in [0.4, 0.5) is 0 Å². The number of hydrogen-bond donors (Lipinski definition) is 2. The predicted molar refractivity (Wildman–Crippen MR) is 88.3 cm³/mol. The first-order chi connectivity index (χ1) is 11.1. The molecular weight excluding hydrogens is 290 g/mol. The molecule has 4 rings (SSSR count). The molecular formula is C18H21N3O2. The van der Waals surface area contributed by atoms with Crippen LogP contribution in [0.2, 0.25) is 0 Å². The molecule has 0 spiro atoms. The summed E-state index contributed by atoms with van der Waals surface area (Å²) in [6.45, 7) is 5.83. The van der Waals surface area contributed by atoms with E-state index in [1.807, 2.05) is 26.8 Å². The second kappa shape index (κ2) is 5.20. The maximum Gasteiger partial charge on any atom is 0.141 e. The molecule has 2 N–H and O–H groups in total. The molecule has 0 bridgehead atoms. The lowest BCUT2D eigenvalue weighted by atomic mass is 9.97. The Bertz CT molecular complexity index is 854. The zero-order chi connectivity index (χ0) is 16.1. The van der Waals surface area contributed by atoms with Crippen molar-refractivity contribution in [3.05, 3.63) is 35.0 Å². The molecule has 0 aliphatic heterocycles. The van der Waals surface area contributed by atoms with Gasteiger partial charge in [-0.05, 0) is 50.8 Å². The summed E-state index contributed by atoms with van der Waals surface area (Å²) in [5.41, 5.74) is 5.62. The van der Waals surface area contributed by atoms with Gasteiger partial charge in [0, 0.05) is 17.0 Å². The third-order valence-corrected chi connectivity index (χ3v) is 4.67. The maximum absolute atomic E-state index is 10.5. The number of imidazole rings is 1. The largest absolute Gasteiger partial charge is 0.388 e. The van der Waals surface area contributed by atoms with Crippen LogP contribution >= 0.6 is 0 Å². The molecule has 1 fully saturated rings. The molecule has 5 heteroatoms. The fourth-order valence-corrected chi connectivity index (χ4v) is 3.23. The molecule has 5 nitrogen and oxygen atoms in total. The number of aromatic nitrogens is 3. The van der Waals surface area contributed by atoms with Crippen LogP contribution in [0.25, 0.3) is 22.2 Å². The lowest BCUT2D eigenvalue weighted by Gasteiger charge is -2.11. The second-order valence-electron chi connectivity index (χ2n) is 6.48. The summed E-state index contributed by atoms with van der Waals surface area (Å²) in [4.78, 5) is 8.20. The Morgan fingerprint density at radius 2 is 2.13 bits per heavy atom. The van der Waals surface area contributed by atoms with Crippen LogP contribution in [0, 0.1) is 13.8 Å². The van der Waals surface area contributed by atoms with Gasteiger partial charge in [-0.2, -0.15) is 0 Å². The van der Waals surface area contributed by atoms with Crippen LogP contribution in [0.1, 0.15) is 61.1 Å². The van der Waals surface area contributed by atoms with Crippen molar-refractivity contribution in [3.63, 3.8) is 0 Å². The molecule has 1 saturated carbocycles. The van der Waals surface area contributed by atoms with E-state index in [0.29, 0.717) is 12.3 Å². The first-order valence-electron chi connectivity index (χ1n) is 8.23. The minimum Gasteiger partial charge on any atom is -0.388 e. The number of aliphatic hydroxyl groups is 1. The van der Waals surface area contributed by atoms with E-state index in [0.717, 1.165) is 45.0 Å². The van der Waals surface area contributed by atoms with E-state index in [1.54, 1.807) is 0 Å². The van der Waals surface area contributed by atoms with E-state index >= 15 is 0 Å². The molecule has 1 atom stereocenters. The van der Waals surface area contributed by atoms with Gasteiger partial charge in [-0.3, -0.25) is 0 Å². The van der Waals surface area contributed by atoms with Crippen LogP contribution in [0.5, 0.6) is 0 Å². The zero-order valence-corrected chi connectivity index (χ0v) is 13.7. The molecule has 1 aromatic carbocycles. The minimum absolute atomic E-state index is 0.520. The number of aliphatic hydroxyl groups excluding tert-OH is 1. The summed E-state index contributed by atoms with van der Waals surface area (Å²) in [5.74, 6) is 2.39. The Labute approximate surface area is 134 Å². The molecule has 3 aromatic rings. The van der Waals surface area contributed by atoms with E-state index in [1.165, 1.54) is 12.8 Å². The summed E-state index contributed by atoms with van der Waals surface area (Å²) in [7, 11) is 0. The van der Waals surface area contributed by atoms with Gasteiger partial charge in [-0.25, -0.2) is 4.98 Å². The van der Waals surface area contributed by atoms with Gasteiger partial charge < -0.3 is 14.6 Å². The van der Waals surface area contributed by atoms with E-state index in [-0.39, 0.29) is 0 Å². The highest BCUT2D eigenvalue weighted by atomic mass is 16.5. The number of rotatable bonds is 4. The molecule has 2 heterocycles. The van der Waals surface area contributed by atoms with Crippen molar-refractivity contribution in [1.82, 2.24) is 15.1 Å². The number of aromatic amines is 1. The number of hydrogen-bond acceptors (Lipinski definition) is 4. The molecule has 0 radical (unpaired) electrons. The number of nitrogens with zero attached hydrogens (tertiary/aromatic N) is 2. The maximum atomic E-state index is 10.5. The summed E-state index contributed by atoms with van der Waals surface area (Å²) < 4.78 is 5.30. The molecule has 2 aromatic heterocycles. The van der Waals surface area contributed by atoms with Gasteiger partial charge in [0.2, 0.25) is 0 Å². The Hall–Kier alpha value is -2.14. The zero-order valence-electron chi connectivity index (χ0n) is 13.7. The molecule has 0 amide bonds. The fourth-order valence-electron chi connectivity index (χ4n) is 3.23. The van der Waals surface area contributed by atoms with E-state index in [4.69, 9.17) is 9.51 Å².